The third-order valence-electron chi connectivity index (χ3n) is 3.60. The van der Waals surface area contributed by atoms with Crippen LogP contribution in [-0.4, -0.2) is 35.3 Å². The second-order valence-corrected chi connectivity index (χ2v) is 5.25. The molecule has 0 aliphatic rings. The number of benzene rings is 1. The first kappa shape index (κ1) is 20.9. The minimum Gasteiger partial charge on any atom is -0.496 e. The van der Waals surface area contributed by atoms with E-state index in [0.717, 1.165) is 12.3 Å². The predicted octanol–water partition coefficient (Wildman–Crippen LogP) is 2.75. The van der Waals surface area contributed by atoms with Gasteiger partial charge >= 0.3 is 11.9 Å². The largest absolute Gasteiger partial charge is 0.496 e. The number of ether oxygens (including phenoxy) is 1. The molecule has 0 aromatic heterocycles. The molecule has 3 N–H and O–H groups in total. The molecule has 0 atom stereocenters. The van der Waals surface area contributed by atoms with E-state index in [4.69, 9.17) is 24.5 Å². The number of carboxylic acid groups (broad SMARTS) is 2. The Labute approximate surface area is 137 Å². The molecular weight excluding hydrogens is 298 g/mol. The van der Waals surface area contributed by atoms with Crippen LogP contribution in [0.4, 0.5) is 0 Å². The Morgan fingerprint density at radius 2 is 1.61 bits per heavy atom. The third kappa shape index (κ3) is 7.65. The first-order chi connectivity index (χ1) is 10.8. The molecule has 1 aromatic carbocycles. The molecule has 0 amide bonds. The maximum absolute atomic E-state index is 9.10. The van der Waals surface area contributed by atoms with Crippen LogP contribution in [0.5, 0.6) is 5.75 Å². The van der Waals surface area contributed by atoms with E-state index in [-0.39, 0.29) is 0 Å². The molecule has 0 heterocycles. The Hall–Kier alpha value is -2.08. The van der Waals surface area contributed by atoms with Gasteiger partial charge in [-0.15, -0.1) is 0 Å². The Morgan fingerprint density at radius 3 is 2.00 bits per heavy atom. The molecule has 0 aliphatic heterocycles. The molecule has 6 heteroatoms. The van der Waals surface area contributed by atoms with E-state index in [0.29, 0.717) is 6.04 Å². The zero-order valence-electron chi connectivity index (χ0n) is 14.5. The van der Waals surface area contributed by atoms with E-state index in [9.17, 15) is 0 Å². The minimum atomic E-state index is -1.82. The van der Waals surface area contributed by atoms with Gasteiger partial charge in [0, 0.05) is 12.6 Å². The number of rotatable bonds is 6. The van der Waals surface area contributed by atoms with Crippen molar-refractivity contribution in [2.75, 3.05) is 7.11 Å². The van der Waals surface area contributed by atoms with E-state index in [2.05, 4.69) is 45.1 Å². The SMILES string of the molecule is CCC(CC)NCc1cc(C)c(OC)cc1C.O=C(O)C(=O)O. The molecule has 0 aliphatic carbocycles. The summed E-state index contributed by atoms with van der Waals surface area (Å²) in [7, 11) is 1.73. The van der Waals surface area contributed by atoms with Crippen LogP contribution in [-0.2, 0) is 16.1 Å². The van der Waals surface area contributed by atoms with E-state index in [1.165, 1.54) is 29.5 Å². The first-order valence-corrected chi connectivity index (χ1v) is 7.60. The molecule has 0 bridgehead atoms. The van der Waals surface area contributed by atoms with Crippen LogP contribution in [0.1, 0.15) is 43.4 Å². The summed E-state index contributed by atoms with van der Waals surface area (Å²) < 4.78 is 5.33. The van der Waals surface area contributed by atoms with Gasteiger partial charge in [-0.2, -0.15) is 0 Å². The third-order valence-corrected chi connectivity index (χ3v) is 3.60. The summed E-state index contributed by atoms with van der Waals surface area (Å²) in [6.45, 7) is 9.65. The van der Waals surface area contributed by atoms with Crippen molar-refractivity contribution >= 4 is 11.9 Å². The molecule has 0 radical (unpaired) electrons. The average molecular weight is 325 g/mol. The number of nitrogens with one attached hydrogen (secondary N) is 1. The van der Waals surface area contributed by atoms with Gasteiger partial charge in [-0.1, -0.05) is 19.9 Å². The lowest BCUT2D eigenvalue weighted by Crippen LogP contribution is -2.27. The van der Waals surface area contributed by atoms with E-state index >= 15 is 0 Å². The fraction of sp³-hybridized carbons (Fsp3) is 0.529. The molecule has 0 saturated carbocycles. The van der Waals surface area contributed by atoms with Crippen molar-refractivity contribution in [3.05, 3.63) is 28.8 Å². The second-order valence-electron chi connectivity index (χ2n) is 5.25. The lowest BCUT2D eigenvalue weighted by Gasteiger charge is -2.17. The summed E-state index contributed by atoms with van der Waals surface area (Å²) in [6.07, 6.45) is 2.37. The molecular formula is C17H27NO5. The van der Waals surface area contributed by atoms with E-state index < -0.39 is 11.9 Å². The summed E-state index contributed by atoms with van der Waals surface area (Å²) in [5, 5.41) is 18.4. The van der Waals surface area contributed by atoms with Crippen molar-refractivity contribution in [2.24, 2.45) is 0 Å². The summed E-state index contributed by atoms with van der Waals surface area (Å²) in [6, 6.07) is 4.97. The molecule has 1 rings (SSSR count). The lowest BCUT2D eigenvalue weighted by molar-refractivity contribution is -0.159. The summed E-state index contributed by atoms with van der Waals surface area (Å²) >= 11 is 0. The van der Waals surface area contributed by atoms with Gasteiger partial charge in [0.1, 0.15) is 5.75 Å². The van der Waals surface area contributed by atoms with Crippen LogP contribution in [0.3, 0.4) is 0 Å². The molecule has 1 aromatic rings. The molecule has 6 nitrogen and oxygen atoms in total. The van der Waals surface area contributed by atoms with Crippen molar-refractivity contribution in [3.63, 3.8) is 0 Å². The topological polar surface area (TPSA) is 95.9 Å². The zero-order valence-corrected chi connectivity index (χ0v) is 14.5. The molecule has 0 saturated heterocycles. The molecule has 0 spiro atoms. The van der Waals surface area contributed by atoms with Gasteiger partial charge in [0.05, 0.1) is 7.11 Å². The number of hydrogen-bond acceptors (Lipinski definition) is 4. The minimum absolute atomic E-state index is 0.622. The number of hydrogen-bond donors (Lipinski definition) is 3. The highest BCUT2D eigenvalue weighted by Gasteiger charge is 2.07. The van der Waals surface area contributed by atoms with Crippen LogP contribution in [0, 0.1) is 13.8 Å². The first-order valence-electron chi connectivity index (χ1n) is 7.60. The fourth-order valence-electron chi connectivity index (χ4n) is 2.09. The van der Waals surface area contributed by atoms with Gasteiger partial charge in [-0.25, -0.2) is 9.59 Å². The van der Waals surface area contributed by atoms with Gasteiger partial charge in [0.15, 0.2) is 0 Å². The second kappa shape index (κ2) is 10.6. The summed E-state index contributed by atoms with van der Waals surface area (Å²) in [5.74, 6) is -2.67. The summed E-state index contributed by atoms with van der Waals surface area (Å²) in [5.41, 5.74) is 3.88. The molecule has 0 fully saturated rings. The Morgan fingerprint density at radius 1 is 1.09 bits per heavy atom. The van der Waals surface area contributed by atoms with Gasteiger partial charge in [-0.05, 0) is 49.4 Å². The predicted molar refractivity (Wildman–Crippen MR) is 88.9 cm³/mol. The maximum atomic E-state index is 9.10. The Bertz CT molecular complexity index is 512. The maximum Gasteiger partial charge on any atom is 0.414 e. The highest BCUT2D eigenvalue weighted by atomic mass is 16.5. The Kier molecular flexibility index (Phi) is 9.65. The van der Waals surface area contributed by atoms with Crippen molar-refractivity contribution < 1.29 is 24.5 Å². The zero-order chi connectivity index (χ0) is 18.0. The number of methoxy groups -OCH3 is 1. The smallest absolute Gasteiger partial charge is 0.414 e. The number of aryl methyl sites for hydroxylation is 2. The normalized spacial score (nSPS) is 10.0. The quantitative estimate of drug-likeness (QED) is 0.696. The highest BCUT2D eigenvalue weighted by Crippen LogP contribution is 2.22. The van der Waals surface area contributed by atoms with Crippen molar-refractivity contribution in [1.82, 2.24) is 5.32 Å². The molecule has 23 heavy (non-hydrogen) atoms. The molecule has 130 valence electrons. The van der Waals surface area contributed by atoms with Crippen molar-refractivity contribution in [2.45, 2.75) is 53.1 Å². The number of carbonyl (C=O) groups is 2. The van der Waals surface area contributed by atoms with Crippen LogP contribution >= 0.6 is 0 Å². The van der Waals surface area contributed by atoms with E-state index in [1.807, 2.05) is 0 Å². The van der Waals surface area contributed by atoms with Gasteiger partial charge in [-0.3, -0.25) is 0 Å². The van der Waals surface area contributed by atoms with Gasteiger partial charge in [0.25, 0.3) is 0 Å². The monoisotopic (exact) mass is 325 g/mol. The van der Waals surface area contributed by atoms with Crippen LogP contribution in [0.15, 0.2) is 12.1 Å². The highest BCUT2D eigenvalue weighted by molar-refractivity contribution is 6.27. The van der Waals surface area contributed by atoms with Crippen molar-refractivity contribution in [3.8, 4) is 5.75 Å². The van der Waals surface area contributed by atoms with Crippen LogP contribution in [0.25, 0.3) is 0 Å². The lowest BCUT2D eigenvalue weighted by atomic mass is 10.0. The fourth-order valence-corrected chi connectivity index (χ4v) is 2.09. The van der Waals surface area contributed by atoms with Crippen LogP contribution in [0.2, 0.25) is 0 Å². The van der Waals surface area contributed by atoms with Gasteiger partial charge < -0.3 is 20.3 Å². The van der Waals surface area contributed by atoms with E-state index in [1.54, 1.807) is 7.11 Å². The standard InChI is InChI=1S/C15H25NO.C2H2O4/c1-6-14(7-2)16-10-13-8-12(4)15(17-5)9-11(13)3;3-1(4)2(5)6/h8-9,14,16H,6-7,10H2,1-5H3;(H,3,4)(H,5,6). The molecule has 0 unspecified atom stereocenters. The van der Waals surface area contributed by atoms with Gasteiger partial charge in [0.2, 0.25) is 0 Å². The van der Waals surface area contributed by atoms with Crippen LogP contribution < -0.4 is 10.1 Å². The Balaban J connectivity index is 0.000000688. The van der Waals surface area contributed by atoms with Crippen molar-refractivity contribution in [1.29, 1.82) is 0 Å². The summed E-state index contributed by atoms with van der Waals surface area (Å²) in [4.78, 5) is 18.2. The average Bonchev–Trinajstić information content (AvgIpc) is 2.51. The number of aliphatic carboxylic acids is 2. The number of carboxylic acids is 2.